The lowest BCUT2D eigenvalue weighted by Crippen LogP contribution is -2.38. The molecular formula is C10H21NO2. The number of nitrogens with two attached hydrogens (primary N) is 1. The van der Waals surface area contributed by atoms with Gasteiger partial charge in [0.1, 0.15) is 0 Å². The van der Waals surface area contributed by atoms with Gasteiger partial charge in [-0.1, -0.05) is 6.42 Å². The van der Waals surface area contributed by atoms with Crippen LogP contribution in [0.5, 0.6) is 0 Å². The van der Waals surface area contributed by atoms with E-state index in [1.54, 1.807) is 7.11 Å². The van der Waals surface area contributed by atoms with E-state index >= 15 is 0 Å². The molecule has 0 radical (unpaired) electrons. The van der Waals surface area contributed by atoms with Gasteiger partial charge >= 0.3 is 0 Å². The molecule has 3 heteroatoms. The molecule has 0 unspecified atom stereocenters. The number of rotatable bonds is 7. The third-order valence-corrected chi connectivity index (χ3v) is 3.06. The molecule has 3 nitrogen and oxygen atoms in total. The lowest BCUT2D eigenvalue weighted by Gasteiger charge is -2.41. The molecule has 0 aliphatic heterocycles. The first-order valence-electron chi connectivity index (χ1n) is 5.10. The summed E-state index contributed by atoms with van der Waals surface area (Å²) in [6.45, 7) is 3.05. The third kappa shape index (κ3) is 3.25. The molecule has 0 saturated heterocycles. The first kappa shape index (κ1) is 11.0. The van der Waals surface area contributed by atoms with Crippen LogP contribution in [0.1, 0.15) is 25.7 Å². The quantitative estimate of drug-likeness (QED) is 0.608. The van der Waals surface area contributed by atoms with E-state index in [4.69, 9.17) is 15.2 Å². The van der Waals surface area contributed by atoms with Crippen molar-refractivity contribution in [3.8, 4) is 0 Å². The summed E-state index contributed by atoms with van der Waals surface area (Å²) < 4.78 is 10.3. The maximum Gasteiger partial charge on any atom is 0.0700 e. The summed E-state index contributed by atoms with van der Waals surface area (Å²) >= 11 is 0. The van der Waals surface area contributed by atoms with Crippen LogP contribution in [-0.4, -0.2) is 33.5 Å². The van der Waals surface area contributed by atoms with Crippen molar-refractivity contribution in [1.29, 1.82) is 0 Å². The van der Waals surface area contributed by atoms with Crippen molar-refractivity contribution in [3.63, 3.8) is 0 Å². The van der Waals surface area contributed by atoms with Gasteiger partial charge < -0.3 is 15.2 Å². The number of methoxy groups -OCH3 is 1. The van der Waals surface area contributed by atoms with Crippen LogP contribution in [0, 0.1) is 5.41 Å². The molecule has 1 fully saturated rings. The van der Waals surface area contributed by atoms with E-state index in [-0.39, 0.29) is 0 Å². The lowest BCUT2D eigenvalue weighted by molar-refractivity contribution is 0.0313. The molecular weight excluding hydrogens is 166 g/mol. The summed E-state index contributed by atoms with van der Waals surface area (Å²) in [4.78, 5) is 0. The first-order chi connectivity index (χ1) is 6.33. The summed E-state index contributed by atoms with van der Waals surface area (Å²) in [5.74, 6) is 0. The standard InChI is InChI=1S/C10H21NO2/c1-12-7-8-13-6-5-10(9-11)3-2-4-10/h2-9,11H2,1H3. The van der Waals surface area contributed by atoms with E-state index < -0.39 is 0 Å². The highest BCUT2D eigenvalue weighted by Crippen LogP contribution is 2.42. The van der Waals surface area contributed by atoms with Crippen molar-refractivity contribution in [3.05, 3.63) is 0 Å². The Morgan fingerprint density at radius 2 is 2.00 bits per heavy atom. The Bertz CT molecular complexity index is 129. The number of ether oxygens (including phenoxy) is 2. The summed E-state index contributed by atoms with van der Waals surface area (Å²) in [6, 6.07) is 0. The molecule has 0 heterocycles. The van der Waals surface area contributed by atoms with Gasteiger partial charge in [-0.2, -0.15) is 0 Å². The van der Waals surface area contributed by atoms with E-state index in [0.717, 1.165) is 19.6 Å². The van der Waals surface area contributed by atoms with Gasteiger partial charge in [0.15, 0.2) is 0 Å². The van der Waals surface area contributed by atoms with Crippen LogP contribution in [0.25, 0.3) is 0 Å². The average molecular weight is 187 g/mol. The molecule has 1 aliphatic carbocycles. The molecule has 2 N–H and O–H groups in total. The molecule has 78 valence electrons. The summed E-state index contributed by atoms with van der Waals surface area (Å²) in [7, 11) is 1.69. The van der Waals surface area contributed by atoms with E-state index in [1.165, 1.54) is 19.3 Å². The molecule has 0 amide bonds. The highest BCUT2D eigenvalue weighted by atomic mass is 16.5. The predicted octanol–water partition coefficient (Wildman–Crippen LogP) is 1.17. The minimum atomic E-state index is 0.424. The second-order valence-corrected chi connectivity index (χ2v) is 3.91. The zero-order valence-electron chi connectivity index (χ0n) is 8.55. The molecule has 0 atom stereocenters. The molecule has 13 heavy (non-hydrogen) atoms. The van der Waals surface area contributed by atoms with Crippen LogP contribution in [0.2, 0.25) is 0 Å². The maximum absolute atomic E-state index is 5.73. The minimum Gasteiger partial charge on any atom is -0.382 e. The zero-order valence-corrected chi connectivity index (χ0v) is 8.55. The Kier molecular flexibility index (Phi) is 4.70. The predicted molar refractivity (Wildman–Crippen MR) is 52.7 cm³/mol. The minimum absolute atomic E-state index is 0.424. The fraction of sp³-hybridized carbons (Fsp3) is 1.00. The Morgan fingerprint density at radius 3 is 2.46 bits per heavy atom. The lowest BCUT2D eigenvalue weighted by atomic mass is 9.67. The van der Waals surface area contributed by atoms with Crippen LogP contribution >= 0.6 is 0 Å². The fourth-order valence-corrected chi connectivity index (χ4v) is 1.77. The Hall–Kier alpha value is -0.120. The SMILES string of the molecule is COCCOCCC1(CN)CCC1. The topological polar surface area (TPSA) is 44.5 Å². The zero-order chi connectivity index (χ0) is 9.57. The molecule has 0 aromatic carbocycles. The third-order valence-electron chi connectivity index (χ3n) is 3.06. The smallest absolute Gasteiger partial charge is 0.0700 e. The Balaban J connectivity index is 1.98. The maximum atomic E-state index is 5.73. The van der Waals surface area contributed by atoms with Gasteiger partial charge in [0, 0.05) is 13.7 Å². The molecule has 0 spiro atoms. The van der Waals surface area contributed by atoms with Gasteiger partial charge in [0.2, 0.25) is 0 Å². The Labute approximate surface area is 80.6 Å². The molecule has 1 aliphatic rings. The van der Waals surface area contributed by atoms with Gasteiger partial charge in [-0.3, -0.25) is 0 Å². The normalized spacial score (nSPS) is 19.8. The van der Waals surface area contributed by atoms with Crippen molar-refractivity contribution in [2.24, 2.45) is 11.1 Å². The van der Waals surface area contributed by atoms with Crippen molar-refractivity contribution in [2.45, 2.75) is 25.7 Å². The van der Waals surface area contributed by atoms with Gasteiger partial charge in [-0.25, -0.2) is 0 Å². The molecule has 1 saturated carbocycles. The van der Waals surface area contributed by atoms with Crippen molar-refractivity contribution < 1.29 is 9.47 Å². The van der Waals surface area contributed by atoms with Crippen molar-refractivity contribution >= 4 is 0 Å². The first-order valence-corrected chi connectivity index (χ1v) is 5.10. The van der Waals surface area contributed by atoms with Crippen LogP contribution in [0.3, 0.4) is 0 Å². The molecule has 0 bridgehead atoms. The second kappa shape index (κ2) is 5.58. The number of hydrogen-bond donors (Lipinski definition) is 1. The van der Waals surface area contributed by atoms with E-state index in [1.807, 2.05) is 0 Å². The highest BCUT2D eigenvalue weighted by Gasteiger charge is 2.34. The second-order valence-electron chi connectivity index (χ2n) is 3.91. The van der Waals surface area contributed by atoms with E-state index in [9.17, 15) is 0 Å². The summed E-state index contributed by atoms with van der Waals surface area (Å²) in [5, 5.41) is 0. The summed E-state index contributed by atoms with van der Waals surface area (Å²) in [6.07, 6.45) is 5.04. The van der Waals surface area contributed by atoms with Gasteiger partial charge in [0.05, 0.1) is 13.2 Å². The van der Waals surface area contributed by atoms with Gasteiger partial charge in [0.25, 0.3) is 0 Å². The Morgan fingerprint density at radius 1 is 1.23 bits per heavy atom. The van der Waals surface area contributed by atoms with Crippen LogP contribution < -0.4 is 5.73 Å². The van der Waals surface area contributed by atoms with Crippen molar-refractivity contribution in [2.75, 3.05) is 33.5 Å². The monoisotopic (exact) mass is 187 g/mol. The molecule has 0 aromatic heterocycles. The van der Waals surface area contributed by atoms with Crippen LogP contribution in [-0.2, 0) is 9.47 Å². The highest BCUT2D eigenvalue weighted by molar-refractivity contribution is 4.88. The number of hydrogen-bond acceptors (Lipinski definition) is 3. The van der Waals surface area contributed by atoms with E-state index in [2.05, 4.69) is 0 Å². The van der Waals surface area contributed by atoms with Gasteiger partial charge in [-0.15, -0.1) is 0 Å². The van der Waals surface area contributed by atoms with E-state index in [0.29, 0.717) is 18.6 Å². The summed E-state index contributed by atoms with van der Waals surface area (Å²) in [5.41, 5.74) is 6.15. The van der Waals surface area contributed by atoms with Gasteiger partial charge in [-0.05, 0) is 31.2 Å². The largest absolute Gasteiger partial charge is 0.382 e. The van der Waals surface area contributed by atoms with Crippen molar-refractivity contribution in [1.82, 2.24) is 0 Å². The average Bonchev–Trinajstić information content (AvgIpc) is 2.09. The molecule has 1 rings (SSSR count). The van der Waals surface area contributed by atoms with Crippen LogP contribution in [0.4, 0.5) is 0 Å². The van der Waals surface area contributed by atoms with Crippen LogP contribution in [0.15, 0.2) is 0 Å². The molecule has 0 aromatic rings. The fourth-order valence-electron chi connectivity index (χ4n) is 1.77.